The number of hydrogen-bond acceptors (Lipinski definition) is 0. The standard InChI is InChI=1S/C4H4Br2Cl2/c5-3(1-7)4(6)2-8/h1-2H2/b4-3+. The van der Waals surface area contributed by atoms with Gasteiger partial charge in [-0.1, -0.05) is 31.9 Å². The Kier molecular flexibility index (Phi) is 5.91. The van der Waals surface area contributed by atoms with Crippen LogP contribution in [0.2, 0.25) is 0 Å². The molecule has 0 N–H and O–H groups in total. The van der Waals surface area contributed by atoms with Crippen molar-refractivity contribution in [3.8, 4) is 0 Å². The van der Waals surface area contributed by atoms with E-state index in [0.717, 1.165) is 8.96 Å². The van der Waals surface area contributed by atoms with E-state index in [4.69, 9.17) is 23.2 Å². The Hall–Kier alpha value is 1.28. The Balaban J connectivity index is 3.83. The van der Waals surface area contributed by atoms with Gasteiger partial charge >= 0.3 is 0 Å². The lowest BCUT2D eigenvalue weighted by Gasteiger charge is -1.92. The van der Waals surface area contributed by atoms with Gasteiger partial charge in [-0.05, 0) is 0 Å². The minimum absolute atomic E-state index is 0.466. The van der Waals surface area contributed by atoms with Crippen LogP contribution in [0.25, 0.3) is 0 Å². The summed E-state index contributed by atoms with van der Waals surface area (Å²) in [5.41, 5.74) is 0. The van der Waals surface area contributed by atoms with Crippen molar-refractivity contribution in [2.24, 2.45) is 0 Å². The number of hydrogen-bond donors (Lipinski definition) is 0. The fraction of sp³-hybridized carbons (Fsp3) is 0.500. The summed E-state index contributed by atoms with van der Waals surface area (Å²) in [7, 11) is 0. The van der Waals surface area contributed by atoms with Gasteiger partial charge in [-0.3, -0.25) is 0 Å². The Bertz CT molecular complexity index is 88.2. The van der Waals surface area contributed by atoms with Gasteiger partial charge in [-0.15, -0.1) is 23.2 Å². The van der Waals surface area contributed by atoms with Crippen molar-refractivity contribution in [2.75, 3.05) is 11.8 Å². The van der Waals surface area contributed by atoms with E-state index in [2.05, 4.69) is 31.9 Å². The van der Waals surface area contributed by atoms with Gasteiger partial charge in [0.15, 0.2) is 0 Å². The minimum atomic E-state index is 0.466. The Morgan fingerprint density at radius 2 is 1.25 bits per heavy atom. The van der Waals surface area contributed by atoms with E-state index in [9.17, 15) is 0 Å². The van der Waals surface area contributed by atoms with Gasteiger partial charge in [0, 0.05) is 8.96 Å². The second-order valence-electron chi connectivity index (χ2n) is 1.08. The molecular weight excluding hydrogens is 279 g/mol. The molecule has 0 fully saturated rings. The predicted molar refractivity (Wildman–Crippen MR) is 46.3 cm³/mol. The topological polar surface area (TPSA) is 0 Å². The smallest absolute Gasteiger partial charge is 0.0548 e. The first kappa shape index (κ1) is 9.28. The van der Waals surface area contributed by atoms with Gasteiger partial charge in [-0.2, -0.15) is 0 Å². The Morgan fingerprint density at radius 1 is 1.00 bits per heavy atom. The van der Waals surface area contributed by atoms with Crippen LogP contribution in [0.1, 0.15) is 0 Å². The molecule has 0 aromatic heterocycles. The number of alkyl halides is 2. The predicted octanol–water partition coefficient (Wildman–Crippen LogP) is 3.47. The van der Waals surface area contributed by atoms with E-state index < -0.39 is 0 Å². The highest BCUT2D eigenvalue weighted by molar-refractivity contribution is 9.14. The molecule has 0 radical (unpaired) electrons. The fourth-order valence-corrected chi connectivity index (χ4v) is 1.07. The molecule has 0 rings (SSSR count). The van der Waals surface area contributed by atoms with Crippen LogP contribution in [-0.4, -0.2) is 11.8 Å². The van der Waals surface area contributed by atoms with Crippen LogP contribution in [0.5, 0.6) is 0 Å². The van der Waals surface area contributed by atoms with E-state index >= 15 is 0 Å². The summed E-state index contributed by atoms with van der Waals surface area (Å²) in [6.45, 7) is 0. The molecule has 0 saturated heterocycles. The van der Waals surface area contributed by atoms with Gasteiger partial charge in [0.2, 0.25) is 0 Å². The summed E-state index contributed by atoms with van der Waals surface area (Å²) in [5.74, 6) is 0.931. The van der Waals surface area contributed by atoms with Crippen LogP contribution < -0.4 is 0 Å². The molecular formula is C4H4Br2Cl2. The normalized spacial score (nSPS) is 13.5. The van der Waals surface area contributed by atoms with E-state index in [0.29, 0.717) is 11.8 Å². The van der Waals surface area contributed by atoms with Crippen molar-refractivity contribution in [1.29, 1.82) is 0 Å². The van der Waals surface area contributed by atoms with Crippen molar-refractivity contribution in [3.63, 3.8) is 0 Å². The van der Waals surface area contributed by atoms with Gasteiger partial charge in [0.1, 0.15) is 0 Å². The molecule has 0 aliphatic heterocycles. The highest BCUT2D eigenvalue weighted by atomic mass is 79.9. The Morgan fingerprint density at radius 3 is 1.38 bits per heavy atom. The molecule has 0 nitrogen and oxygen atoms in total. The number of allylic oxidation sites excluding steroid dienone is 2. The zero-order chi connectivity index (χ0) is 6.57. The molecule has 8 heavy (non-hydrogen) atoms. The van der Waals surface area contributed by atoms with Crippen LogP contribution in [-0.2, 0) is 0 Å². The first-order chi connectivity index (χ1) is 3.72. The van der Waals surface area contributed by atoms with Crippen LogP contribution in [0.15, 0.2) is 8.96 Å². The van der Waals surface area contributed by atoms with Crippen LogP contribution >= 0.6 is 55.1 Å². The van der Waals surface area contributed by atoms with Crippen LogP contribution in [0.3, 0.4) is 0 Å². The van der Waals surface area contributed by atoms with Gasteiger partial charge in [0.05, 0.1) is 11.8 Å². The number of rotatable bonds is 2. The fourth-order valence-electron chi connectivity index (χ4n) is 0.145. The van der Waals surface area contributed by atoms with Crippen molar-refractivity contribution in [2.45, 2.75) is 0 Å². The van der Waals surface area contributed by atoms with E-state index in [-0.39, 0.29) is 0 Å². The lowest BCUT2D eigenvalue weighted by atomic mass is 10.6. The molecule has 0 aromatic carbocycles. The second-order valence-corrected chi connectivity index (χ2v) is 3.53. The average Bonchev–Trinajstić information content (AvgIpc) is 1.84. The molecule has 0 saturated carbocycles. The van der Waals surface area contributed by atoms with Gasteiger partial charge in [-0.25, -0.2) is 0 Å². The molecule has 0 bridgehead atoms. The highest BCUT2D eigenvalue weighted by Crippen LogP contribution is 2.19. The van der Waals surface area contributed by atoms with Gasteiger partial charge in [0.25, 0.3) is 0 Å². The summed E-state index contributed by atoms with van der Waals surface area (Å²) in [5, 5.41) is 0. The van der Waals surface area contributed by atoms with Gasteiger partial charge < -0.3 is 0 Å². The minimum Gasteiger partial charge on any atom is -0.121 e. The second kappa shape index (κ2) is 5.10. The van der Waals surface area contributed by atoms with Crippen molar-refractivity contribution in [3.05, 3.63) is 8.96 Å². The molecule has 0 amide bonds. The zero-order valence-corrected chi connectivity index (χ0v) is 8.61. The SMILES string of the molecule is ClC/C(Br)=C(\Br)CCl. The van der Waals surface area contributed by atoms with Crippen molar-refractivity contribution in [1.82, 2.24) is 0 Å². The largest absolute Gasteiger partial charge is 0.121 e. The first-order valence-corrected chi connectivity index (χ1v) is 4.52. The third kappa shape index (κ3) is 3.33. The number of halogens is 4. The van der Waals surface area contributed by atoms with E-state index in [1.54, 1.807) is 0 Å². The van der Waals surface area contributed by atoms with E-state index in [1.807, 2.05) is 0 Å². The maximum atomic E-state index is 5.43. The summed E-state index contributed by atoms with van der Waals surface area (Å²) in [4.78, 5) is 0. The summed E-state index contributed by atoms with van der Waals surface area (Å²) < 4.78 is 1.82. The first-order valence-electron chi connectivity index (χ1n) is 1.87. The molecule has 0 aliphatic carbocycles. The molecule has 0 spiro atoms. The third-order valence-electron chi connectivity index (χ3n) is 0.529. The molecule has 4 heteroatoms. The lowest BCUT2D eigenvalue weighted by molar-refractivity contribution is 1.59. The quantitative estimate of drug-likeness (QED) is 0.681. The lowest BCUT2D eigenvalue weighted by Crippen LogP contribution is -1.78. The molecule has 0 aromatic rings. The summed E-state index contributed by atoms with van der Waals surface area (Å²) in [6.07, 6.45) is 0. The average molecular weight is 283 g/mol. The zero-order valence-electron chi connectivity index (χ0n) is 3.93. The summed E-state index contributed by atoms with van der Waals surface area (Å²) >= 11 is 17.3. The Labute approximate surface area is 75.5 Å². The third-order valence-corrected chi connectivity index (χ3v) is 3.76. The molecule has 0 atom stereocenters. The van der Waals surface area contributed by atoms with Crippen LogP contribution in [0.4, 0.5) is 0 Å². The van der Waals surface area contributed by atoms with E-state index in [1.165, 1.54) is 0 Å². The van der Waals surface area contributed by atoms with Crippen molar-refractivity contribution >= 4 is 55.1 Å². The van der Waals surface area contributed by atoms with Crippen molar-refractivity contribution < 1.29 is 0 Å². The molecule has 0 heterocycles. The summed E-state index contributed by atoms with van der Waals surface area (Å²) in [6, 6.07) is 0. The molecule has 48 valence electrons. The highest BCUT2D eigenvalue weighted by Gasteiger charge is 1.95. The monoisotopic (exact) mass is 280 g/mol. The maximum absolute atomic E-state index is 5.43. The maximum Gasteiger partial charge on any atom is 0.0548 e. The molecule has 0 aliphatic rings. The van der Waals surface area contributed by atoms with Crippen LogP contribution in [0, 0.1) is 0 Å². The molecule has 0 unspecified atom stereocenters.